The van der Waals surface area contributed by atoms with Crippen LogP contribution in [0.1, 0.15) is 40.0 Å². The SMILES string of the molecule is CCNC(=NCCC(=O)NC(C)CC)NCCN1C(=O)C2C3C=CC(C3)C2C1=O.I. The van der Waals surface area contributed by atoms with Gasteiger partial charge in [0.25, 0.3) is 0 Å². The molecule has 2 aliphatic carbocycles. The van der Waals surface area contributed by atoms with E-state index in [1.165, 1.54) is 4.90 Å². The van der Waals surface area contributed by atoms with Crippen molar-refractivity contribution >= 4 is 47.7 Å². The number of nitrogens with zero attached hydrogens (tertiary/aromatic N) is 2. The number of amides is 3. The summed E-state index contributed by atoms with van der Waals surface area (Å²) < 4.78 is 0. The third-order valence-electron chi connectivity index (χ3n) is 6.16. The molecule has 2 fully saturated rings. The van der Waals surface area contributed by atoms with Crippen molar-refractivity contribution in [3.05, 3.63) is 12.2 Å². The molecule has 3 aliphatic rings. The van der Waals surface area contributed by atoms with Crippen molar-refractivity contribution in [2.45, 2.75) is 46.1 Å². The van der Waals surface area contributed by atoms with Crippen molar-refractivity contribution in [1.82, 2.24) is 20.9 Å². The second kappa shape index (κ2) is 11.1. The lowest BCUT2D eigenvalue weighted by Crippen LogP contribution is -2.43. The molecule has 3 rings (SSSR count). The van der Waals surface area contributed by atoms with E-state index in [2.05, 4.69) is 33.1 Å². The van der Waals surface area contributed by atoms with Gasteiger partial charge in [0.15, 0.2) is 5.96 Å². The van der Waals surface area contributed by atoms with E-state index in [0.717, 1.165) is 12.8 Å². The van der Waals surface area contributed by atoms with Gasteiger partial charge in [-0.3, -0.25) is 24.3 Å². The van der Waals surface area contributed by atoms with Crippen LogP contribution in [0.4, 0.5) is 0 Å². The third-order valence-corrected chi connectivity index (χ3v) is 6.16. The van der Waals surface area contributed by atoms with Gasteiger partial charge in [-0.05, 0) is 38.5 Å². The molecule has 1 aliphatic heterocycles. The topological polar surface area (TPSA) is 103 Å². The van der Waals surface area contributed by atoms with Crippen molar-refractivity contribution < 1.29 is 14.4 Å². The highest BCUT2D eigenvalue weighted by Gasteiger charge is 2.58. The van der Waals surface area contributed by atoms with Crippen LogP contribution in [0.25, 0.3) is 0 Å². The summed E-state index contributed by atoms with van der Waals surface area (Å²) in [5.41, 5.74) is 0. The smallest absolute Gasteiger partial charge is 0.233 e. The zero-order valence-corrected chi connectivity index (χ0v) is 20.3. The molecule has 8 nitrogen and oxygen atoms in total. The van der Waals surface area contributed by atoms with E-state index < -0.39 is 0 Å². The van der Waals surface area contributed by atoms with Crippen LogP contribution in [0, 0.1) is 23.7 Å². The summed E-state index contributed by atoms with van der Waals surface area (Å²) in [4.78, 5) is 43.1. The summed E-state index contributed by atoms with van der Waals surface area (Å²) in [5, 5.41) is 9.21. The largest absolute Gasteiger partial charge is 0.357 e. The van der Waals surface area contributed by atoms with Gasteiger partial charge < -0.3 is 16.0 Å². The van der Waals surface area contributed by atoms with Gasteiger partial charge in [-0.15, -0.1) is 24.0 Å². The van der Waals surface area contributed by atoms with Crippen LogP contribution in [0.3, 0.4) is 0 Å². The van der Waals surface area contributed by atoms with E-state index in [4.69, 9.17) is 0 Å². The molecular formula is C21H34IN5O3. The number of fused-ring (bicyclic) bond motifs is 5. The number of nitrogens with one attached hydrogen (secondary N) is 3. The number of rotatable bonds is 9. The number of halogens is 1. The highest BCUT2D eigenvalue weighted by molar-refractivity contribution is 14.0. The molecular weight excluding hydrogens is 497 g/mol. The fourth-order valence-corrected chi connectivity index (χ4v) is 4.53. The molecule has 3 N–H and O–H groups in total. The lowest BCUT2D eigenvalue weighted by atomic mass is 9.85. The summed E-state index contributed by atoms with van der Waals surface area (Å²) in [7, 11) is 0. The van der Waals surface area contributed by atoms with Crippen LogP contribution >= 0.6 is 24.0 Å². The zero-order valence-electron chi connectivity index (χ0n) is 18.0. The molecule has 3 amide bonds. The second-order valence-corrected chi connectivity index (χ2v) is 8.14. The van der Waals surface area contributed by atoms with Crippen LogP contribution in [-0.2, 0) is 14.4 Å². The molecule has 1 saturated carbocycles. The van der Waals surface area contributed by atoms with Gasteiger partial charge >= 0.3 is 0 Å². The van der Waals surface area contributed by atoms with Crippen molar-refractivity contribution in [2.75, 3.05) is 26.2 Å². The first-order chi connectivity index (χ1) is 14.0. The average Bonchev–Trinajstić information content (AvgIpc) is 3.37. The minimum absolute atomic E-state index is 0. The van der Waals surface area contributed by atoms with Gasteiger partial charge in [0.1, 0.15) is 0 Å². The number of likely N-dealkylation sites (tertiary alicyclic amines) is 1. The standard InChI is InChI=1S/C21H33N5O3.HI/c1-4-13(3)25-16(27)8-9-23-21(22-5-2)24-10-11-26-19(28)17-14-6-7-15(12-14)18(17)20(26)29;/h6-7,13-15,17-18H,4-5,8-12H2,1-3H3,(H,25,27)(H2,22,23,24);1H. The maximum atomic E-state index is 12.7. The number of imide groups is 1. The number of carbonyl (C=O) groups is 3. The van der Waals surface area contributed by atoms with Gasteiger partial charge in [0.2, 0.25) is 17.7 Å². The maximum Gasteiger partial charge on any atom is 0.233 e. The Morgan fingerprint density at radius 3 is 2.37 bits per heavy atom. The Morgan fingerprint density at radius 1 is 1.17 bits per heavy atom. The van der Waals surface area contributed by atoms with E-state index in [0.29, 0.717) is 38.6 Å². The fourth-order valence-electron chi connectivity index (χ4n) is 4.53. The van der Waals surface area contributed by atoms with Crippen molar-refractivity contribution in [1.29, 1.82) is 0 Å². The average molecular weight is 531 g/mol. The molecule has 5 atom stereocenters. The number of carbonyl (C=O) groups excluding carboxylic acids is 3. The molecule has 1 saturated heterocycles. The van der Waals surface area contributed by atoms with Gasteiger partial charge in [0.05, 0.1) is 18.4 Å². The number of allylic oxidation sites excluding steroid dienone is 2. The molecule has 1 heterocycles. The maximum absolute atomic E-state index is 12.7. The van der Waals surface area contributed by atoms with Gasteiger partial charge in [0, 0.05) is 32.1 Å². The van der Waals surface area contributed by atoms with Crippen molar-refractivity contribution in [3.63, 3.8) is 0 Å². The summed E-state index contributed by atoms with van der Waals surface area (Å²) >= 11 is 0. The predicted molar refractivity (Wildman–Crippen MR) is 126 cm³/mol. The van der Waals surface area contributed by atoms with Gasteiger partial charge in [-0.2, -0.15) is 0 Å². The van der Waals surface area contributed by atoms with Crippen LogP contribution in [0.15, 0.2) is 17.1 Å². The Labute approximate surface area is 195 Å². The first-order valence-electron chi connectivity index (χ1n) is 10.8. The summed E-state index contributed by atoms with van der Waals surface area (Å²) in [5.74, 6) is 0.697. The highest BCUT2D eigenvalue weighted by Crippen LogP contribution is 2.52. The summed E-state index contributed by atoms with van der Waals surface area (Å²) in [6.45, 7) is 7.80. The predicted octanol–water partition coefficient (Wildman–Crippen LogP) is 1.27. The Hall–Kier alpha value is -1.65. The van der Waals surface area contributed by atoms with E-state index in [1.807, 2.05) is 20.8 Å². The second-order valence-electron chi connectivity index (χ2n) is 8.14. The lowest BCUT2D eigenvalue weighted by molar-refractivity contribution is -0.140. The summed E-state index contributed by atoms with van der Waals surface area (Å²) in [6.07, 6.45) is 6.37. The van der Waals surface area contributed by atoms with E-state index in [1.54, 1.807) is 0 Å². The number of hydrogen-bond acceptors (Lipinski definition) is 4. The Morgan fingerprint density at radius 2 is 1.80 bits per heavy atom. The van der Waals surface area contributed by atoms with Crippen molar-refractivity contribution in [3.8, 4) is 0 Å². The van der Waals surface area contributed by atoms with Crippen LogP contribution < -0.4 is 16.0 Å². The first-order valence-corrected chi connectivity index (χ1v) is 10.8. The quantitative estimate of drug-likeness (QED) is 0.137. The van der Waals surface area contributed by atoms with Crippen LogP contribution in [0.2, 0.25) is 0 Å². The van der Waals surface area contributed by atoms with Gasteiger partial charge in [-0.25, -0.2) is 0 Å². The molecule has 0 radical (unpaired) electrons. The van der Waals surface area contributed by atoms with Crippen molar-refractivity contribution in [2.24, 2.45) is 28.7 Å². The van der Waals surface area contributed by atoms with Crippen LogP contribution in [0.5, 0.6) is 0 Å². The monoisotopic (exact) mass is 531 g/mol. The number of hydrogen-bond donors (Lipinski definition) is 3. The van der Waals surface area contributed by atoms with Crippen LogP contribution in [-0.4, -0.2) is 60.8 Å². The molecule has 0 aromatic carbocycles. The Bertz CT molecular complexity index is 681. The lowest BCUT2D eigenvalue weighted by Gasteiger charge is -2.18. The molecule has 9 heteroatoms. The molecule has 0 spiro atoms. The molecule has 5 unspecified atom stereocenters. The summed E-state index contributed by atoms with van der Waals surface area (Å²) in [6, 6.07) is 0.165. The first kappa shape index (κ1) is 24.6. The van der Waals surface area contributed by atoms with E-state index in [-0.39, 0.29) is 71.4 Å². The van der Waals surface area contributed by atoms with Gasteiger partial charge in [-0.1, -0.05) is 19.1 Å². The van der Waals surface area contributed by atoms with E-state index in [9.17, 15) is 14.4 Å². The minimum atomic E-state index is -0.150. The fraction of sp³-hybridized carbons (Fsp3) is 0.714. The molecule has 0 aromatic rings. The Balaban J connectivity index is 0.00000320. The highest BCUT2D eigenvalue weighted by atomic mass is 127. The number of aliphatic imine (C=N–C) groups is 1. The molecule has 2 bridgehead atoms. The zero-order chi connectivity index (χ0) is 21.0. The minimum Gasteiger partial charge on any atom is -0.357 e. The Kier molecular flexibility index (Phi) is 9.11. The van der Waals surface area contributed by atoms with E-state index >= 15 is 0 Å². The number of guanidine groups is 1. The molecule has 168 valence electrons. The molecule has 0 aromatic heterocycles. The third kappa shape index (κ3) is 5.33. The molecule has 30 heavy (non-hydrogen) atoms. The normalized spacial score (nSPS) is 27.7.